The number of nitrogens with zero attached hydrogens (tertiary/aromatic N) is 2. The molecule has 1 aromatic rings. The Morgan fingerprint density at radius 1 is 1.07 bits per heavy atom. The number of benzene rings is 1. The van der Waals surface area contributed by atoms with Crippen molar-refractivity contribution in [1.82, 2.24) is 9.80 Å². The van der Waals surface area contributed by atoms with Gasteiger partial charge in [0, 0.05) is 6.04 Å². The maximum absolute atomic E-state index is 12.3. The monoisotopic (exact) mass is 376 g/mol. The van der Waals surface area contributed by atoms with Crippen molar-refractivity contribution < 1.29 is 28.7 Å². The fourth-order valence-electron chi connectivity index (χ4n) is 2.60. The first-order valence-corrected chi connectivity index (χ1v) is 8.64. The lowest BCUT2D eigenvalue weighted by atomic mass is 10.1. The van der Waals surface area contributed by atoms with E-state index in [0.717, 1.165) is 12.0 Å². The van der Waals surface area contributed by atoms with E-state index in [4.69, 9.17) is 14.3 Å². The highest BCUT2D eigenvalue weighted by atomic mass is 16.5. The minimum Gasteiger partial charge on any atom is -0.459 e. The van der Waals surface area contributed by atoms with Crippen LogP contribution in [0.5, 0.6) is 0 Å². The van der Waals surface area contributed by atoms with Gasteiger partial charge in [-0.15, -0.1) is 0 Å². The number of hydrogen-bond acceptors (Lipinski definition) is 6. The second-order valence-corrected chi connectivity index (χ2v) is 6.15. The second-order valence-electron chi connectivity index (χ2n) is 6.15. The molecule has 2 atom stereocenters. The maximum atomic E-state index is 12.3. The van der Waals surface area contributed by atoms with Gasteiger partial charge in [0.2, 0.25) is 11.8 Å². The van der Waals surface area contributed by atoms with Crippen molar-refractivity contribution in [3.63, 3.8) is 0 Å². The largest absolute Gasteiger partial charge is 0.459 e. The van der Waals surface area contributed by atoms with Gasteiger partial charge >= 0.3 is 12.1 Å². The number of piperazine rings is 1. The predicted octanol–water partition coefficient (Wildman–Crippen LogP) is 1.00. The maximum Gasteiger partial charge on any atom is 0.373 e. The summed E-state index contributed by atoms with van der Waals surface area (Å²) < 4.78 is 5.26. The van der Waals surface area contributed by atoms with E-state index in [1.54, 1.807) is 11.8 Å². The molecule has 0 unspecified atom stereocenters. The number of esters is 1. The van der Waals surface area contributed by atoms with Gasteiger partial charge in [0.05, 0.1) is 0 Å². The van der Waals surface area contributed by atoms with Gasteiger partial charge in [-0.25, -0.2) is 4.79 Å². The molecule has 0 saturated carbocycles. The van der Waals surface area contributed by atoms with Crippen LogP contribution in [0.4, 0.5) is 0 Å². The summed E-state index contributed by atoms with van der Waals surface area (Å²) in [6.07, 6.45) is 1.04. The van der Waals surface area contributed by atoms with Crippen molar-refractivity contribution >= 4 is 23.9 Å². The van der Waals surface area contributed by atoms with Crippen LogP contribution in [0.1, 0.15) is 32.8 Å². The molecule has 1 saturated heterocycles. The van der Waals surface area contributed by atoms with E-state index in [9.17, 15) is 14.4 Å². The van der Waals surface area contributed by atoms with Crippen molar-refractivity contribution in [1.29, 1.82) is 0 Å². The fourth-order valence-corrected chi connectivity index (χ4v) is 2.60. The van der Waals surface area contributed by atoms with E-state index in [0.29, 0.717) is 0 Å². The number of hydrogen-bond donors (Lipinski definition) is 0. The molecular weight excluding hydrogens is 352 g/mol. The van der Waals surface area contributed by atoms with Gasteiger partial charge in [-0.2, -0.15) is 9.59 Å². The molecule has 0 N–H and O–H groups in total. The van der Waals surface area contributed by atoms with Crippen LogP contribution in [0, 0.1) is 0 Å². The molecule has 0 aromatic heterocycles. The molecule has 1 heterocycles. The van der Waals surface area contributed by atoms with Crippen molar-refractivity contribution in [3.8, 4) is 0 Å². The van der Waals surface area contributed by atoms with Crippen LogP contribution >= 0.6 is 0 Å². The second kappa shape index (κ2) is 10.9. The normalized spacial score (nSPS) is 16.0. The van der Waals surface area contributed by atoms with Crippen LogP contribution < -0.4 is 0 Å². The summed E-state index contributed by atoms with van der Waals surface area (Å²) in [4.78, 5) is 55.9. The molecule has 0 aliphatic carbocycles. The molecule has 2 amide bonds. The zero-order valence-electron chi connectivity index (χ0n) is 15.7. The lowest BCUT2D eigenvalue weighted by molar-refractivity contribution is -0.191. The average molecular weight is 376 g/mol. The summed E-state index contributed by atoms with van der Waals surface area (Å²) in [5.41, 5.74) is 0.877. The van der Waals surface area contributed by atoms with E-state index in [2.05, 4.69) is 0 Å². The highest BCUT2D eigenvalue weighted by Crippen LogP contribution is 2.15. The van der Waals surface area contributed by atoms with Crippen molar-refractivity contribution in [3.05, 3.63) is 35.9 Å². The van der Waals surface area contributed by atoms with Gasteiger partial charge in [0.1, 0.15) is 25.7 Å². The molecule has 8 heteroatoms. The van der Waals surface area contributed by atoms with Crippen LogP contribution in [0.25, 0.3) is 0 Å². The van der Waals surface area contributed by atoms with Gasteiger partial charge < -0.3 is 14.5 Å². The number of ether oxygens (including phenoxy) is 1. The highest BCUT2D eigenvalue weighted by Gasteiger charge is 2.37. The van der Waals surface area contributed by atoms with Crippen molar-refractivity contribution in [2.24, 2.45) is 0 Å². The van der Waals surface area contributed by atoms with Crippen LogP contribution in [0.2, 0.25) is 0 Å². The predicted molar refractivity (Wildman–Crippen MR) is 93.9 cm³/mol. The first kappa shape index (κ1) is 22.1. The van der Waals surface area contributed by atoms with Crippen LogP contribution in [-0.2, 0) is 35.3 Å². The standard InChI is InChI=1S/C18H24N2O4.CO2/c1-4-13(2)19-10-17(22)20(11-16(19)21)14(3)18(23)24-12-15-8-6-5-7-9-15;2-1-3/h5-9,13-14H,4,10-12H2,1-3H3;/t13-,14-;/m0./s1. The Labute approximate surface area is 158 Å². The lowest BCUT2D eigenvalue weighted by Gasteiger charge is -2.38. The molecule has 0 radical (unpaired) electrons. The molecule has 1 fully saturated rings. The molecule has 0 spiro atoms. The molecule has 146 valence electrons. The minimum absolute atomic E-state index is 0.0175. The van der Waals surface area contributed by atoms with Crippen LogP contribution in [0.15, 0.2) is 30.3 Å². The summed E-state index contributed by atoms with van der Waals surface area (Å²) in [6, 6.07) is 8.57. The zero-order chi connectivity index (χ0) is 20.4. The Morgan fingerprint density at radius 3 is 2.15 bits per heavy atom. The van der Waals surface area contributed by atoms with E-state index in [1.807, 2.05) is 44.2 Å². The average Bonchev–Trinajstić information content (AvgIpc) is 2.67. The fraction of sp³-hybridized carbons (Fsp3) is 0.474. The summed E-state index contributed by atoms with van der Waals surface area (Å²) in [6.45, 7) is 5.57. The summed E-state index contributed by atoms with van der Waals surface area (Å²) in [7, 11) is 0. The summed E-state index contributed by atoms with van der Waals surface area (Å²) in [5, 5.41) is 0. The van der Waals surface area contributed by atoms with Gasteiger partial charge in [-0.3, -0.25) is 9.59 Å². The third-order valence-corrected chi connectivity index (χ3v) is 4.41. The minimum atomic E-state index is -0.774. The number of carbonyl (C=O) groups excluding carboxylic acids is 5. The first-order chi connectivity index (χ1) is 12.8. The van der Waals surface area contributed by atoms with Gasteiger partial charge in [-0.1, -0.05) is 37.3 Å². The lowest BCUT2D eigenvalue weighted by Crippen LogP contribution is -2.59. The highest BCUT2D eigenvalue weighted by molar-refractivity contribution is 5.95. The topological polar surface area (TPSA) is 101 Å². The van der Waals surface area contributed by atoms with E-state index >= 15 is 0 Å². The van der Waals surface area contributed by atoms with E-state index in [1.165, 1.54) is 4.90 Å². The third kappa shape index (κ3) is 6.34. The SMILES string of the molecule is CC[C@H](C)N1CC(=O)N([C@@H](C)C(=O)OCc2ccccc2)CC1=O.O=C=O. The Morgan fingerprint density at radius 2 is 1.59 bits per heavy atom. The molecule has 2 rings (SSSR count). The summed E-state index contributed by atoms with van der Waals surface area (Å²) in [5.74, 6) is -0.859. The Balaban J connectivity index is 0.00000114. The van der Waals surface area contributed by atoms with Crippen molar-refractivity contribution in [2.45, 2.75) is 45.9 Å². The molecular formula is C19H24N2O6. The molecule has 27 heavy (non-hydrogen) atoms. The Hall–Kier alpha value is -2.99. The molecule has 1 aliphatic rings. The van der Waals surface area contributed by atoms with E-state index < -0.39 is 12.0 Å². The smallest absolute Gasteiger partial charge is 0.373 e. The van der Waals surface area contributed by atoms with E-state index in [-0.39, 0.29) is 43.7 Å². The van der Waals surface area contributed by atoms with Gasteiger partial charge in [0.15, 0.2) is 0 Å². The Bertz CT molecular complexity index is 685. The molecule has 1 aliphatic heterocycles. The molecule has 8 nitrogen and oxygen atoms in total. The van der Waals surface area contributed by atoms with Gasteiger partial charge in [-0.05, 0) is 25.8 Å². The van der Waals surface area contributed by atoms with Crippen molar-refractivity contribution in [2.75, 3.05) is 13.1 Å². The number of rotatable bonds is 6. The van der Waals surface area contributed by atoms with Crippen LogP contribution in [0.3, 0.4) is 0 Å². The quantitative estimate of drug-likeness (QED) is 0.687. The molecule has 1 aromatic carbocycles. The van der Waals surface area contributed by atoms with Gasteiger partial charge in [0.25, 0.3) is 0 Å². The number of carbonyl (C=O) groups is 3. The first-order valence-electron chi connectivity index (χ1n) is 8.64. The zero-order valence-corrected chi connectivity index (χ0v) is 15.7. The van der Waals surface area contributed by atoms with Crippen LogP contribution in [-0.4, -0.2) is 58.9 Å². The Kier molecular flexibility index (Phi) is 8.89. The number of amides is 2. The summed E-state index contributed by atoms with van der Waals surface area (Å²) >= 11 is 0. The molecule has 0 bridgehead atoms. The third-order valence-electron chi connectivity index (χ3n) is 4.41.